The highest BCUT2D eigenvalue weighted by atomic mass is 16.4. The van der Waals surface area contributed by atoms with Crippen LogP contribution < -0.4 is 5.32 Å². The Labute approximate surface area is 126 Å². The standard InChI is InChI=1S/C16H26N2O3/c1-5-7-8-12(6-2)9-17-15(19)13-10(3)14(16(20)21)18-11(13)4/h12,18H,5-9H2,1-4H3,(H,17,19)(H,20,21). The molecule has 0 aliphatic rings. The normalized spacial score (nSPS) is 12.2. The molecular weight excluding hydrogens is 268 g/mol. The molecule has 1 amide bonds. The number of aromatic nitrogens is 1. The fourth-order valence-corrected chi connectivity index (χ4v) is 2.57. The molecule has 0 bridgehead atoms. The van der Waals surface area contributed by atoms with Crippen molar-refractivity contribution in [1.82, 2.24) is 10.3 Å². The number of carboxylic acids is 1. The maximum Gasteiger partial charge on any atom is 0.352 e. The van der Waals surface area contributed by atoms with E-state index in [-0.39, 0.29) is 11.6 Å². The first-order valence-electron chi connectivity index (χ1n) is 7.62. The van der Waals surface area contributed by atoms with Gasteiger partial charge in [-0.3, -0.25) is 4.79 Å². The van der Waals surface area contributed by atoms with Gasteiger partial charge in [0.15, 0.2) is 0 Å². The summed E-state index contributed by atoms with van der Waals surface area (Å²) in [6, 6.07) is 0. The highest BCUT2D eigenvalue weighted by Gasteiger charge is 2.21. The summed E-state index contributed by atoms with van der Waals surface area (Å²) in [7, 11) is 0. The number of hydrogen-bond donors (Lipinski definition) is 3. The molecule has 118 valence electrons. The van der Waals surface area contributed by atoms with Crippen LogP contribution in [-0.4, -0.2) is 28.5 Å². The Morgan fingerprint density at radius 1 is 1.29 bits per heavy atom. The fourth-order valence-electron chi connectivity index (χ4n) is 2.57. The van der Waals surface area contributed by atoms with E-state index in [9.17, 15) is 9.59 Å². The number of carboxylic acid groups (broad SMARTS) is 1. The van der Waals surface area contributed by atoms with Gasteiger partial charge in [-0.15, -0.1) is 0 Å². The Kier molecular flexibility index (Phi) is 6.46. The molecule has 0 aliphatic carbocycles. The van der Waals surface area contributed by atoms with Gasteiger partial charge in [-0.2, -0.15) is 0 Å². The van der Waals surface area contributed by atoms with E-state index in [0.29, 0.717) is 29.3 Å². The van der Waals surface area contributed by atoms with Crippen molar-refractivity contribution in [3.8, 4) is 0 Å². The van der Waals surface area contributed by atoms with Crippen molar-refractivity contribution in [2.75, 3.05) is 6.54 Å². The summed E-state index contributed by atoms with van der Waals surface area (Å²) in [6.07, 6.45) is 4.46. The molecule has 1 rings (SSSR count). The molecular formula is C16H26N2O3. The summed E-state index contributed by atoms with van der Waals surface area (Å²) in [4.78, 5) is 26.1. The lowest BCUT2D eigenvalue weighted by Crippen LogP contribution is -2.29. The average Bonchev–Trinajstić information content (AvgIpc) is 2.74. The molecule has 0 fully saturated rings. The molecule has 1 atom stereocenters. The molecule has 0 saturated heterocycles. The third-order valence-electron chi connectivity index (χ3n) is 3.97. The smallest absolute Gasteiger partial charge is 0.352 e. The summed E-state index contributed by atoms with van der Waals surface area (Å²) >= 11 is 0. The third-order valence-corrected chi connectivity index (χ3v) is 3.97. The van der Waals surface area contributed by atoms with Gasteiger partial charge in [0.2, 0.25) is 0 Å². The molecule has 3 N–H and O–H groups in total. The number of nitrogens with one attached hydrogen (secondary N) is 2. The summed E-state index contributed by atoms with van der Waals surface area (Å²) in [6.45, 7) is 8.31. The zero-order chi connectivity index (χ0) is 16.0. The Balaban J connectivity index is 2.74. The van der Waals surface area contributed by atoms with Gasteiger partial charge < -0.3 is 15.4 Å². The number of hydrogen-bond acceptors (Lipinski definition) is 2. The number of amides is 1. The largest absolute Gasteiger partial charge is 0.477 e. The molecule has 0 radical (unpaired) electrons. The van der Waals surface area contributed by atoms with Crippen LogP contribution in [0.3, 0.4) is 0 Å². The van der Waals surface area contributed by atoms with Crippen molar-refractivity contribution in [1.29, 1.82) is 0 Å². The second kappa shape index (κ2) is 7.86. The van der Waals surface area contributed by atoms with Crippen molar-refractivity contribution in [2.24, 2.45) is 5.92 Å². The minimum atomic E-state index is -1.04. The summed E-state index contributed by atoms with van der Waals surface area (Å²) in [5.74, 6) is -0.750. The van der Waals surface area contributed by atoms with E-state index in [1.807, 2.05) is 0 Å². The van der Waals surface area contributed by atoms with Crippen LogP contribution in [0.25, 0.3) is 0 Å². The van der Waals surface area contributed by atoms with Crippen molar-refractivity contribution < 1.29 is 14.7 Å². The van der Waals surface area contributed by atoms with Crippen LogP contribution in [0.2, 0.25) is 0 Å². The maximum atomic E-state index is 12.3. The zero-order valence-electron chi connectivity index (χ0n) is 13.4. The predicted octanol–water partition coefficient (Wildman–Crippen LogP) is 3.28. The second-order valence-electron chi connectivity index (χ2n) is 5.56. The molecule has 1 aromatic heterocycles. The Morgan fingerprint density at radius 3 is 2.43 bits per heavy atom. The van der Waals surface area contributed by atoms with E-state index in [1.165, 1.54) is 6.42 Å². The quantitative estimate of drug-likeness (QED) is 0.688. The lowest BCUT2D eigenvalue weighted by Gasteiger charge is -2.15. The lowest BCUT2D eigenvalue weighted by atomic mass is 9.99. The molecule has 21 heavy (non-hydrogen) atoms. The number of H-pyrrole nitrogens is 1. The van der Waals surface area contributed by atoms with Crippen LogP contribution in [-0.2, 0) is 0 Å². The van der Waals surface area contributed by atoms with Crippen molar-refractivity contribution in [2.45, 2.75) is 53.4 Å². The van der Waals surface area contributed by atoms with Crippen LogP contribution in [0.1, 0.15) is 71.6 Å². The Morgan fingerprint density at radius 2 is 1.95 bits per heavy atom. The lowest BCUT2D eigenvalue weighted by molar-refractivity contribution is 0.0690. The summed E-state index contributed by atoms with van der Waals surface area (Å²) in [5, 5.41) is 12.0. The van der Waals surface area contributed by atoms with Gasteiger partial charge in [-0.25, -0.2) is 4.79 Å². The van der Waals surface area contributed by atoms with E-state index in [2.05, 4.69) is 24.1 Å². The Hall–Kier alpha value is -1.78. The predicted molar refractivity (Wildman–Crippen MR) is 82.9 cm³/mol. The van der Waals surface area contributed by atoms with Crippen LogP contribution in [0.5, 0.6) is 0 Å². The van der Waals surface area contributed by atoms with Crippen LogP contribution in [0.15, 0.2) is 0 Å². The van der Waals surface area contributed by atoms with Gasteiger partial charge in [0, 0.05) is 12.2 Å². The molecule has 5 nitrogen and oxygen atoms in total. The van der Waals surface area contributed by atoms with E-state index < -0.39 is 5.97 Å². The molecule has 0 saturated carbocycles. The highest BCUT2D eigenvalue weighted by Crippen LogP contribution is 2.18. The molecule has 0 aromatic carbocycles. The second-order valence-corrected chi connectivity index (χ2v) is 5.56. The number of aromatic amines is 1. The van der Waals surface area contributed by atoms with E-state index >= 15 is 0 Å². The molecule has 1 heterocycles. The van der Waals surface area contributed by atoms with Crippen molar-refractivity contribution in [3.05, 3.63) is 22.5 Å². The van der Waals surface area contributed by atoms with Gasteiger partial charge in [0.25, 0.3) is 5.91 Å². The first-order chi connectivity index (χ1) is 9.92. The molecule has 0 spiro atoms. The summed E-state index contributed by atoms with van der Waals surface area (Å²) < 4.78 is 0. The topological polar surface area (TPSA) is 82.2 Å². The SMILES string of the molecule is CCCCC(CC)CNC(=O)c1c(C)[nH]c(C(=O)O)c1C. The van der Waals surface area contributed by atoms with Crippen molar-refractivity contribution >= 4 is 11.9 Å². The molecule has 0 aliphatic heterocycles. The maximum absolute atomic E-state index is 12.3. The molecule has 5 heteroatoms. The van der Waals surface area contributed by atoms with Gasteiger partial charge in [-0.05, 0) is 31.7 Å². The minimum absolute atomic E-state index is 0.0932. The molecule has 1 aromatic rings. The van der Waals surface area contributed by atoms with Gasteiger partial charge in [-0.1, -0.05) is 33.1 Å². The minimum Gasteiger partial charge on any atom is -0.477 e. The van der Waals surface area contributed by atoms with Crippen molar-refractivity contribution in [3.63, 3.8) is 0 Å². The van der Waals surface area contributed by atoms with Crippen LogP contribution in [0.4, 0.5) is 0 Å². The van der Waals surface area contributed by atoms with Crippen LogP contribution >= 0.6 is 0 Å². The fraction of sp³-hybridized carbons (Fsp3) is 0.625. The van der Waals surface area contributed by atoms with Crippen LogP contribution in [0, 0.1) is 19.8 Å². The van der Waals surface area contributed by atoms with E-state index in [0.717, 1.165) is 19.3 Å². The number of aryl methyl sites for hydroxylation is 1. The van der Waals surface area contributed by atoms with Gasteiger partial charge in [0.1, 0.15) is 5.69 Å². The first kappa shape index (κ1) is 17.3. The third kappa shape index (κ3) is 4.34. The number of unbranched alkanes of at least 4 members (excludes halogenated alkanes) is 1. The van der Waals surface area contributed by atoms with E-state index in [4.69, 9.17) is 5.11 Å². The number of aromatic carboxylic acids is 1. The highest BCUT2D eigenvalue weighted by molar-refractivity contribution is 6.00. The molecule has 1 unspecified atom stereocenters. The number of carbonyl (C=O) groups excluding carboxylic acids is 1. The monoisotopic (exact) mass is 294 g/mol. The first-order valence-corrected chi connectivity index (χ1v) is 7.62. The van der Waals surface area contributed by atoms with E-state index in [1.54, 1.807) is 13.8 Å². The number of rotatable bonds is 8. The Bertz CT molecular complexity index is 506. The summed E-state index contributed by atoms with van der Waals surface area (Å²) in [5.41, 5.74) is 1.65. The average molecular weight is 294 g/mol. The van der Waals surface area contributed by atoms with Gasteiger partial charge >= 0.3 is 5.97 Å². The van der Waals surface area contributed by atoms with Gasteiger partial charge in [0.05, 0.1) is 5.56 Å². The zero-order valence-corrected chi connectivity index (χ0v) is 13.4. The number of carbonyl (C=O) groups is 2.